The number of hydrogen-bond acceptors (Lipinski definition) is 5. The van der Waals surface area contributed by atoms with E-state index < -0.39 is 0 Å². The van der Waals surface area contributed by atoms with Gasteiger partial charge in [0.05, 0.1) is 18.6 Å². The van der Waals surface area contributed by atoms with Gasteiger partial charge in [0.25, 0.3) is 5.91 Å². The number of pyridine rings is 1. The molecular formula is C24H31Cl2N3O3. The van der Waals surface area contributed by atoms with E-state index in [1.54, 1.807) is 31.5 Å². The van der Waals surface area contributed by atoms with Crippen molar-refractivity contribution in [1.82, 2.24) is 9.88 Å². The number of rotatable bonds is 8. The number of aromatic nitrogens is 1. The highest BCUT2D eigenvalue weighted by molar-refractivity contribution is 6.30. The van der Waals surface area contributed by atoms with Crippen molar-refractivity contribution in [3.05, 3.63) is 64.9 Å². The number of nitrogens with zero attached hydrogens (tertiary/aromatic N) is 2. The van der Waals surface area contributed by atoms with Gasteiger partial charge in [-0.3, -0.25) is 14.6 Å². The second kappa shape index (κ2) is 12.2. The molecule has 1 fully saturated rings. The molecule has 1 heterocycles. The van der Waals surface area contributed by atoms with Crippen molar-refractivity contribution in [3.8, 4) is 0 Å². The van der Waals surface area contributed by atoms with Crippen LogP contribution in [-0.2, 0) is 14.9 Å². The van der Waals surface area contributed by atoms with E-state index in [1.807, 2.05) is 23.1 Å². The number of carbonyl (C=O) groups excluding carboxylic acids is 2. The van der Waals surface area contributed by atoms with Crippen LogP contribution in [-0.4, -0.2) is 47.5 Å². The highest BCUT2D eigenvalue weighted by atomic mass is 35.5. The molecule has 1 aliphatic carbocycles. The lowest BCUT2D eigenvalue weighted by molar-refractivity contribution is -0.143. The molecule has 6 nitrogen and oxygen atoms in total. The molecule has 1 amide bonds. The summed E-state index contributed by atoms with van der Waals surface area (Å²) in [5.41, 5.74) is 7.76. The number of esters is 1. The Morgan fingerprint density at radius 3 is 2.59 bits per heavy atom. The first-order chi connectivity index (χ1) is 15.0. The molecule has 32 heavy (non-hydrogen) atoms. The lowest BCUT2D eigenvalue weighted by Crippen LogP contribution is -2.48. The summed E-state index contributed by atoms with van der Waals surface area (Å²) < 4.78 is 5.07. The van der Waals surface area contributed by atoms with Gasteiger partial charge in [0, 0.05) is 42.0 Å². The van der Waals surface area contributed by atoms with Gasteiger partial charge in [0.2, 0.25) is 0 Å². The molecule has 0 radical (unpaired) electrons. The Hall–Kier alpha value is -2.15. The van der Waals surface area contributed by atoms with Gasteiger partial charge in [-0.05, 0) is 62.4 Å². The molecular weight excluding hydrogens is 449 g/mol. The fraction of sp³-hybridized carbons (Fsp3) is 0.458. The number of amides is 1. The molecule has 1 saturated carbocycles. The van der Waals surface area contributed by atoms with Crippen molar-refractivity contribution in [2.45, 2.75) is 50.5 Å². The van der Waals surface area contributed by atoms with Crippen LogP contribution in [0, 0.1) is 0 Å². The highest BCUT2D eigenvalue weighted by Crippen LogP contribution is 2.41. The van der Waals surface area contributed by atoms with Gasteiger partial charge in [0.15, 0.2) is 0 Å². The molecule has 0 atom stereocenters. The summed E-state index contributed by atoms with van der Waals surface area (Å²) >= 11 is 6.22. The Labute approximate surface area is 200 Å². The first-order valence-corrected chi connectivity index (χ1v) is 11.2. The third-order valence-corrected chi connectivity index (χ3v) is 6.45. The maximum Gasteiger partial charge on any atom is 0.307 e. The number of nitrogens with two attached hydrogens (primary N) is 1. The Balaban J connectivity index is 0.00000363. The van der Waals surface area contributed by atoms with E-state index in [1.165, 1.54) is 0 Å². The van der Waals surface area contributed by atoms with Gasteiger partial charge >= 0.3 is 5.97 Å². The number of hydrogen-bond donors (Lipinski definition) is 1. The molecule has 1 aromatic carbocycles. The molecule has 8 heteroatoms. The number of carbonyl (C=O) groups is 2. The molecule has 174 valence electrons. The van der Waals surface area contributed by atoms with E-state index in [4.69, 9.17) is 22.1 Å². The van der Waals surface area contributed by atoms with E-state index in [0.29, 0.717) is 30.3 Å². The zero-order valence-electron chi connectivity index (χ0n) is 18.3. The zero-order chi connectivity index (χ0) is 22.3. The average Bonchev–Trinajstić information content (AvgIpc) is 2.80. The molecule has 0 unspecified atom stereocenters. The molecule has 0 aliphatic heterocycles. The largest absolute Gasteiger partial charge is 0.466 e. The Morgan fingerprint density at radius 2 is 2.00 bits per heavy atom. The molecule has 2 aromatic rings. The van der Waals surface area contributed by atoms with E-state index in [9.17, 15) is 9.59 Å². The third-order valence-electron chi connectivity index (χ3n) is 6.21. The molecule has 3 rings (SSSR count). The van der Waals surface area contributed by atoms with Crippen molar-refractivity contribution >= 4 is 35.9 Å². The average molecular weight is 480 g/mol. The Bertz CT molecular complexity index is 887. The lowest BCUT2D eigenvalue weighted by atomic mass is 9.68. The second-order valence-electron chi connectivity index (χ2n) is 8.02. The fourth-order valence-electron chi connectivity index (χ4n) is 4.45. The van der Waals surface area contributed by atoms with Gasteiger partial charge in [-0.1, -0.05) is 23.7 Å². The van der Waals surface area contributed by atoms with Crippen molar-refractivity contribution in [3.63, 3.8) is 0 Å². The normalized spacial score (nSPS) is 20.2. The molecule has 0 saturated heterocycles. The van der Waals surface area contributed by atoms with E-state index >= 15 is 0 Å². The van der Waals surface area contributed by atoms with Gasteiger partial charge in [-0.15, -0.1) is 12.4 Å². The smallest absolute Gasteiger partial charge is 0.307 e. The highest BCUT2D eigenvalue weighted by Gasteiger charge is 2.38. The van der Waals surface area contributed by atoms with Crippen molar-refractivity contribution in [1.29, 1.82) is 0 Å². The third kappa shape index (κ3) is 6.21. The minimum absolute atomic E-state index is 0. The van der Waals surface area contributed by atoms with E-state index in [-0.39, 0.29) is 42.2 Å². The first-order valence-electron chi connectivity index (χ1n) is 10.8. The van der Waals surface area contributed by atoms with Crippen LogP contribution >= 0.6 is 24.0 Å². The van der Waals surface area contributed by atoms with Gasteiger partial charge in [-0.25, -0.2) is 0 Å². The molecule has 0 spiro atoms. The van der Waals surface area contributed by atoms with Crippen LogP contribution in [0.3, 0.4) is 0 Å². The lowest BCUT2D eigenvalue weighted by Gasteiger charge is -2.43. The summed E-state index contributed by atoms with van der Waals surface area (Å²) in [7, 11) is 0. The number of ether oxygens (including phenoxy) is 1. The molecule has 0 bridgehead atoms. The number of halogens is 2. The maximum absolute atomic E-state index is 13.3. The maximum atomic E-state index is 13.3. The summed E-state index contributed by atoms with van der Waals surface area (Å²) in [6.07, 6.45) is 6.69. The predicted molar refractivity (Wildman–Crippen MR) is 128 cm³/mol. The number of benzene rings is 1. The summed E-state index contributed by atoms with van der Waals surface area (Å²) in [5.74, 6) is -0.400. The van der Waals surface area contributed by atoms with Gasteiger partial charge < -0.3 is 15.4 Å². The Kier molecular flexibility index (Phi) is 9.94. The fourth-order valence-corrected chi connectivity index (χ4v) is 4.64. The Morgan fingerprint density at radius 1 is 1.25 bits per heavy atom. The van der Waals surface area contributed by atoms with Gasteiger partial charge in [-0.2, -0.15) is 0 Å². The molecule has 1 aliphatic rings. The first kappa shape index (κ1) is 26.1. The van der Waals surface area contributed by atoms with Crippen molar-refractivity contribution in [2.75, 3.05) is 19.7 Å². The summed E-state index contributed by atoms with van der Waals surface area (Å²) in [6, 6.07) is 11.4. The minimum atomic E-state index is -0.294. The zero-order valence-corrected chi connectivity index (χ0v) is 19.9. The molecule has 1 aromatic heterocycles. The standard InChI is InChI=1S/C24H30ClN3O3.ClH/c1-2-31-22(29)10-14-28(23(30)18-5-4-13-27-16-18)21-8-11-24(17-26,12-9-21)19-6-3-7-20(25)15-19;/h3-7,13,15-16,21H,2,8-12,14,17,26H2,1H3;1H/t21-,24+;. The minimum Gasteiger partial charge on any atom is -0.466 e. The van der Waals surface area contributed by atoms with Crippen LogP contribution in [0.5, 0.6) is 0 Å². The second-order valence-corrected chi connectivity index (χ2v) is 8.46. The molecule has 2 N–H and O–H groups in total. The van der Waals surface area contributed by atoms with Crippen LogP contribution in [0.15, 0.2) is 48.8 Å². The van der Waals surface area contributed by atoms with Crippen LogP contribution < -0.4 is 5.73 Å². The SMILES string of the molecule is CCOC(=O)CCN(C(=O)c1cccnc1)[C@H]1CC[C@@](CN)(c2cccc(Cl)c2)CC1.Cl. The van der Waals surface area contributed by atoms with Crippen LogP contribution in [0.2, 0.25) is 5.02 Å². The quantitative estimate of drug-likeness (QED) is 0.567. The van der Waals surface area contributed by atoms with Crippen molar-refractivity contribution < 1.29 is 14.3 Å². The van der Waals surface area contributed by atoms with Crippen LogP contribution in [0.1, 0.15) is 54.9 Å². The van der Waals surface area contributed by atoms with Crippen LogP contribution in [0.25, 0.3) is 0 Å². The van der Waals surface area contributed by atoms with E-state index in [0.717, 1.165) is 31.2 Å². The topological polar surface area (TPSA) is 85.5 Å². The summed E-state index contributed by atoms with van der Waals surface area (Å²) in [5, 5.41) is 0.704. The van der Waals surface area contributed by atoms with Crippen LogP contribution in [0.4, 0.5) is 0 Å². The predicted octanol–water partition coefficient (Wildman–Crippen LogP) is 4.39. The summed E-state index contributed by atoms with van der Waals surface area (Å²) in [6.45, 7) is 2.96. The van der Waals surface area contributed by atoms with Gasteiger partial charge in [0.1, 0.15) is 0 Å². The monoisotopic (exact) mass is 479 g/mol. The summed E-state index contributed by atoms with van der Waals surface area (Å²) in [4.78, 5) is 31.1. The van der Waals surface area contributed by atoms with Crippen molar-refractivity contribution in [2.24, 2.45) is 5.73 Å². The van der Waals surface area contributed by atoms with E-state index in [2.05, 4.69) is 11.1 Å².